The zero-order valence-corrected chi connectivity index (χ0v) is 32.2. The van der Waals surface area contributed by atoms with E-state index in [1.54, 1.807) is 30.5 Å². The van der Waals surface area contributed by atoms with Crippen LogP contribution in [0.3, 0.4) is 0 Å². The van der Waals surface area contributed by atoms with Gasteiger partial charge < -0.3 is 64.7 Å². The molecule has 316 valence electrons. The van der Waals surface area contributed by atoms with E-state index in [0.29, 0.717) is 37.9 Å². The Labute approximate surface area is 331 Å². The number of benzene rings is 1. The molecule has 0 spiro atoms. The fourth-order valence-corrected chi connectivity index (χ4v) is 5.94. The molecule has 0 aliphatic carbocycles. The number of hydrogen-bond acceptors (Lipinski definition) is 10. The number of carbonyl (C=O) groups is 7. The maximum absolute atomic E-state index is 13.8. The van der Waals surface area contributed by atoms with Crippen LogP contribution < -0.4 is 49.5 Å². The van der Waals surface area contributed by atoms with Crippen LogP contribution in [0.15, 0.2) is 35.5 Å². The number of rotatable bonds is 29. The first-order valence-corrected chi connectivity index (χ1v) is 19.2. The van der Waals surface area contributed by atoms with Crippen molar-refractivity contribution in [2.75, 3.05) is 26.2 Å². The van der Waals surface area contributed by atoms with Crippen molar-refractivity contribution in [3.8, 4) is 0 Å². The molecular weight excluding hydrogens is 742 g/mol. The number of fused-ring (bicyclic) bond motifs is 1. The van der Waals surface area contributed by atoms with Crippen LogP contribution in [0.1, 0.15) is 82.6 Å². The number of aromatic nitrogens is 1. The van der Waals surface area contributed by atoms with Crippen LogP contribution in [0.5, 0.6) is 0 Å². The third-order valence-corrected chi connectivity index (χ3v) is 8.95. The van der Waals surface area contributed by atoms with Gasteiger partial charge in [-0.05, 0) is 69.7 Å². The highest BCUT2D eigenvalue weighted by molar-refractivity contribution is 5.96. The largest absolute Gasteiger partial charge is 0.481 e. The van der Waals surface area contributed by atoms with Gasteiger partial charge in [0.05, 0.1) is 13.0 Å². The summed E-state index contributed by atoms with van der Waals surface area (Å²) in [7, 11) is 0. The number of guanidine groups is 1. The molecule has 0 aliphatic rings. The topological polar surface area (TPSA) is 352 Å². The number of amides is 5. The molecular formula is C37H59N11O9. The first-order valence-electron chi connectivity index (χ1n) is 19.2. The summed E-state index contributed by atoms with van der Waals surface area (Å²) in [6.45, 7) is 0.500. The van der Waals surface area contributed by atoms with E-state index in [0.717, 1.165) is 36.6 Å². The van der Waals surface area contributed by atoms with Gasteiger partial charge in [-0.2, -0.15) is 0 Å². The maximum Gasteiger partial charge on any atom is 0.326 e. The lowest BCUT2D eigenvalue weighted by Gasteiger charge is -2.24. The number of aromatic amines is 1. The number of carboxylic acid groups (broad SMARTS) is 2. The molecule has 0 bridgehead atoms. The lowest BCUT2D eigenvalue weighted by molar-refractivity contribution is -0.143. The van der Waals surface area contributed by atoms with Gasteiger partial charge in [-0.25, -0.2) is 4.79 Å². The van der Waals surface area contributed by atoms with Gasteiger partial charge in [0.2, 0.25) is 29.5 Å². The second-order valence-corrected chi connectivity index (χ2v) is 13.6. The highest BCUT2D eigenvalue weighted by atomic mass is 16.4. The first kappa shape index (κ1) is 47.4. The molecule has 4 atom stereocenters. The molecule has 57 heavy (non-hydrogen) atoms. The summed E-state index contributed by atoms with van der Waals surface area (Å²) in [6, 6.07) is 1.65. The van der Waals surface area contributed by atoms with E-state index in [4.69, 9.17) is 22.9 Å². The summed E-state index contributed by atoms with van der Waals surface area (Å²) in [5.41, 5.74) is 23.1. The first-order chi connectivity index (χ1) is 27.2. The van der Waals surface area contributed by atoms with Crippen molar-refractivity contribution in [1.29, 1.82) is 0 Å². The number of carbonyl (C=O) groups excluding carboxylic acids is 5. The Hall–Kier alpha value is -5.76. The fraction of sp³-hybridized carbons (Fsp3) is 0.568. The van der Waals surface area contributed by atoms with Gasteiger partial charge in [-0.15, -0.1) is 0 Å². The normalized spacial score (nSPS) is 13.0. The third kappa shape index (κ3) is 18.6. The summed E-state index contributed by atoms with van der Waals surface area (Å²) in [5.74, 6) is -6.81. The minimum Gasteiger partial charge on any atom is -0.481 e. The van der Waals surface area contributed by atoms with Gasteiger partial charge in [0, 0.05) is 36.5 Å². The smallest absolute Gasteiger partial charge is 0.326 e. The van der Waals surface area contributed by atoms with Crippen molar-refractivity contribution in [2.24, 2.45) is 27.9 Å². The molecule has 0 fully saturated rings. The van der Waals surface area contributed by atoms with E-state index in [-0.39, 0.29) is 50.5 Å². The molecule has 5 amide bonds. The number of hydrogen-bond donors (Lipinski definition) is 12. The van der Waals surface area contributed by atoms with Gasteiger partial charge in [0.1, 0.15) is 24.2 Å². The van der Waals surface area contributed by atoms with Crippen molar-refractivity contribution in [1.82, 2.24) is 31.6 Å². The number of carboxylic acids is 2. The molecule has 1 heterocycles. The summed E-state index contributed by atoms with van der Waals surface area (Å²) in [6.07, 6.45) is 6.65. The van der Waals surface area contributed by atoms with E-state index in [1.165, 1.54) is 0 Å². The number of nitrogens with two attached hydrogens (primary N) is 4. The summed E-state index contributed by atoms with van der Waals surface area (Å²) in [4.78, 5) is 96.7. The predicted molar refractivity (Wildman–Crippen MR) is 212 cm³/mol. The highest BCUT2D eigenvalue weighted by Crippen LogP contribution is 2.19. The van der Waals surface area contributed by atoms with E-state index < -0.39 is 72.7 Å². The second-order valence-electron chi connectivity index (χ2n) is 13.6. The molecule has 1 aromatic carbocycles. The van der Waals surface area contributed by atoms with Gasteiger partial charge >= 0.3 is 11.9 Å². The molecule has 2 aromatic rings. The number of nitrogens with one attached hydrogen (secondary N) is 6. The van der Waals surface area contributed by atoms with E-state index in [9.17, 15) is 43.8 Å². The van der Waals surface area contributed by atoms with Crippen LogP contribution in [0.4, 0.5) is 0 Å². The molecule has 20 nitrogen and oxygen atoms in total. The Morgan fingerprint density at radius 3 is 1.98 bits per heavy atom. The number of aliphatic carboxylic acids is 2. The van der Waals surface area contributed by atoms with Gasteiger partial charge in [0.15, 0.2) is 5.96 Å². The van der Waals surface area contributed by atoms with Crippen molar-refractivity contribution < 1.29 is 43.8 Å². The Bertz CT molecular complexity index is 1660. The van der Waals surface area contributed by atoms with E-state index in [2.05, 4.69) is 36.6 Å². The Kier molecular flexibility index (Phi) is 21.7. The predicted octanol–water partition coefficient (Wildman–Crippen LogP) is -1.19. The van der Waals surface area contributed by atoms with Crippen LogP contribution in [0.25, 0.3) is 10.9 Å². The zero-order valence-electron chi connectivity index (χ0n) is 32.2. The van der Waals surface area contributed by atoms with Crippen molar-refractivity contribution in [3.05, 3.63) is 36.0 Å². The number of aliphatic imine (C=N–C) groups is 1. The molecule has 0 saturated carbocycles. The monoisotopic (exact) mass is 801 g/mol. The standard InChI is InChI=1S/C37H59N11O9/c38-16-8-3-1-2-4-15-30(49)45-26(13-7-9-17-39)33(53)44-22-31(50)46-28(19-23-21-43-25-12-6-5-11-24(23)25)34(54)48-29(20-32(51)52)35(55)47-27(36(56)57)14-10-18-42-37(40)41/h5-6,11-12,21,26-29,43H,1-4,7-10,13-20,22,38-39H2,(H,44,53)(H,45,49)(H,46,50)(H,47,55)(H,48,54)(H,51,52)(H,56,57)(H4,40,41,42)/t26-,27-,28-,29-/m0/s1. The molecule has 0 saturated heterocycles. The number of unbranched alkanes of at least 4 members (excludes halogenated alkanes) is 5. The van der Waals surface area contributed by atoms with E-state index >= 15 is 0 Å². The molecule has 2 rings (SSSR count). The molecule has 0 unspecified atom stereocenters. The number of H-pyrrole nitrogens is 1. The minimum atomic E-state index is -1.74. The van der Waals surface area contributed by atoms with Gasteiger partial charge in [-0.1, -0.05) is 37.5 Å². The molecule has 0 radical (unpaired) electrons. The lowest BCUT2D eigenvalue weighted by atomic mass is 10.0. The van der Waals surface area contributed by atoms with Crippen molar-refractivity contribution in [2.45, 2.75) is 108 Å². The Morgan fingerprint density at radius 1 is 0.684 bits per heavy atom. The average molecular weight is 802 g/mol. The SMILES string of the molecule is NCCCCCCCC(=O)N[C@@H](CCCCN)C(=O)NCC(=O)N[C@@H](Cc1c[nH]c2ccccc12)C(=O)N[C@@H](CC(=O)O)C(=O)N[C@@H](CCCN=C(N)N)C(=O)O. The van der Waals surface area contributed by atoms with Crippen molar-refractivity contribution in [3.63, 3.8) is 0 Å². The molecule has 16 N–H and O–H groups in total. The highest BCUT2D eigenvalue weighted by Gasteiger charge is 2.32. The van der Waals surface area contributed by atoms with Crippen LogP contribution >= 0.6 is 0 Å². The Morgan fingerprint density at radius 2 is 1.30 bits per heavy atom. The van der Waals surface area contributed by atoms with Gasteiger partial charge in [0.25, 0.3) is 0 Å². The maximum atomic E-state index is 13.8. The van der Waals surface area contributed by atoms with Crippen LogP contribution in [-0.4, -0.2) is 113 Å². The molecule has 1 aromatic heterocycles. The fourth-order valence-electron chi connectivity index (χ4n) is 5.94. The number of para-hydroxylation sites is 1. The van der Waals surface area contributed by atoms with E-state index in [1.807, 2.05) is 0 Å². The minimum absolute atomic E-state index is 0.0762. The summed E-state index contributed by atoms with van der Waals surface area (Å²) >= 11 is 0. The average Bonchev–Trinajstić information content (AvgIpc) is 3.57. The second kappa shape index (κ2) is 26.2. The van der Waals surface area contributed by atoms with Crippen LogP contribution in [-0.2, 0) is 40.0 Å². The summed E-state index contributed by atoms with van der Waals surface area (Å²) < 4.78 is 0. The molecule has 20 heteroatoms. The molecule has 0 aliphatic heterocycles. The third-order valence-electron chi connectivity index (χ3n) is 8.95. The number of nitrogens with zero attached hydrogens (tertiary/aromatic N) is 1. The summed E-state index contributed by atoms with van der Waals surface area (Å²) in [5, 5.41) is 32.4. The van der Waals surface area contributed by atoms with Crippen LogP contribution in [0.2, 0.25) is 0 Å². The van der Waals surface area contributed by atoms with Crippen LogP contribution in [0, 0.1) is 0 Å². The lowest BCUT2D eigenvalue weighted by Crippen LogP contribution is -2.57. The van der Waals surface area contributed by atoms with Crippen molar-refractivity contribution >= 4 is 58.3 Å². The van der Waals surface area contributed by atoms with Gasteiger partial charge in [-0.3, -0.25) is 33.8 Å². The zero-order chi connectivity index (χ0) is 42.2. The quantitative estimate of drug-likeness (QED) is 0.0262. The Balaban J connectivity index is 2.20.